The van der Waals surface area contributed by atoms with Gasteiger partial charge in [0.05, 0.1) is 0 Å². The Balaban J connectivity index is 1.74. The van der Waals surface area contributed by atoms with Crippen molar-refractivity contribution in [3.05, 3.63) is 109 Å². The normalized spacial score (nSPS) is 11.4. The van der Waals surface area contributed by atoms with Crippen molar-refractivity contribution in [2.45, 2.75) is 0 Å². The molecular formula is C28H16F2O2. The molecule has 0 atom stereocenters. The molecule has 0 unspecified atom stereocenters. The molecule has 154 valence electrons. The van der Waals surface area contributed by atoms with Gasteiger partial charge in [-0.15, -0.1) is 0 Å². The van der Waals surface area contributed by atoms with Crippen LogP contribution in [0.2, 0.25) is 0 Å². The van der Waals surface area contributed by atoms with E-state index in [1.165, 1.54) is 24.3 Å². The maximum Gasteiger partial charge on any atom is 0.143 e. The van der Waals surface area contributed by atoms with Crippen LogP contribution in [-0.2, 0) is 0 Å². The van der Waals surface area contributed by atoms with Crippen LogP contribution in [0.1, 0.15) is 0 Å². The Hall–Kier alpha value is -4.18. The SMILES string of the molecule is Fc1ccc(-c2oc3ccccc3c2-c2c(-c3ccc(F)cc3)oc3ccccc23)cc1. The topological polar surface area (TPSA) is 26.3 Å². The molecule has 0 amide bonds. The molecule has 4 heteroatoms. The molecule has 0 N–H and O–H groups in total. The van der Waals surface area contributed by atoms with Crippen molar-refractivity contribution >= 4 is 21.9 Å². The lowest BCUT2D eigenvalue weighted by Crippen LogP contribution is -1.85. The Bertz CT molecular complexity index is 1450. The van der Waals surface area contributed by atoms with Crippen LogP contribution in [-0.4, -0.2) is 0 Å². The van der Waals surface area contributed by atoms with Gasteiger partial charge in [-0.1, -0.05) is 36.4 Å². The molecule has 0 aliphatic rings. The van der Waals surface area contributed by atoms with Crippen LogP contribution in [0.25, 0.3) is 55.7 Å². The molecule has 0 radical (unpaired) electrons. The van der Waals surface area contributed by atoms with Gasteiger partial charge in [0.1, 0.15) is 34.3 Å². The minimum absolute atomic E-state index is 0.313. The van der Waals surface area contributed by atoms with E-state index >= 15 is 0 Å². The zero-order chi connectivity index (χ0) is 21.7. The molecule has 0 saturated carbocycles. The van der Waals surface area contributed by atoms with Gasteiger partial charge in [-0.05, 0) is 60.7 Å². The lowest BCUT2D eigenvalue weighted by atomic mass is 9.94. The van der Waals surface area contributed by atoms with Crippen LogP contribution in [0.5, 0.6) is 0 Å². The summed E-state index contributed by atoms with van der Waals surface area (Å²) in [6, 6.07) is 28.0. The fourth-order valence-corrected chi connectivity index (χ4v) is 4.20. The quantitative estimate of drug-likeness (QED) is 0.286. The van der Waals surface area contributed by atoms with Crippen molar-refractivity contribution in [3.8, 4) is 33.8 Å². The minimum atomic E-state index is -0.313. The first-order chi connectivity index (χ1) is 15.7. The first kappa shape index (κ1) is 18.6. The maximum absolute atomic E-state index is 13.6. The van der Waals surface area contributed by atoms with Gasteiger partial charge in [-0.2, -0.15) is 0 Å². The summed E-state index contributed by atoms with van der Waals surface area (Å²) in [5.41, 5.74) is 4.67. The number of fused-ring (bicyclic) bond motifs is 2. The minimum Gasteiger partial charge on any atom is -0.455 e. The third-order valence-corrected chi connectivity index (χ3v) is 5.65. The third-order valence-electron chi connectivity index (χ3n) is 5.65. The number of furan rings is 2. The zero-order valence-corrected chi connectivity index (χ0v) is 16.8. The average Bonchev–Trinajstić information content (AvgIpc) is 3.38. The van der Waals surface area contributed by atoms with Crippen molar-refractivity contribution in [1.29, 1.82) is 0 Å². The predicted molar refractivity (Wildman–Crippen MR) is 122 cm³/mol. The molecule has 2 heterocycles. The Labute approximate surface area is 182 Å². The number of benzene rings is 4. The van der Waals surface area contributed by atoms with Crippen molar-refractivity contribution in [2.75, 3.05) is 0 Å². The highest BCUT2D eigenvalue weighted by molar-refractivity contribution is 6.12. The molecule has 6 aromatic rings. The number of para-hydroxylation sites is 2. The van der Waals surface area contributed by atoms with Crippen LogP contribution in [0, 0.1) is 11.6 Å². The van der Waals surface area contributed by atoms with Crippen LogP contribution in [0.3, 0.4) is 0 Å². The Morgan fingerprint density at radius 1 is 0.438 bits per heavy atom. The number of hydrogen-bond donors (Lipinski definition) is 0. The van der Waals surface area contributed by atoms with E-state index < -0.39 is 0 Å². The lowest BCUT2D eigenvalue weighted by Gasteiger charge is -2.06. The molecule has 6 rings (SSSR count). The number of rotatable bonds is 3. The smallest absolute Gasteiger partial charge is 0.143 e. The maximum atomic E-state index is 13.6. The van der Waals surface area contributed by atoms with Gasteiger partial charge >= 0.3 is 0 Å². The molecule has 32 heavy (non-hydrogen) atoms. The summed E-state index contributed by atoms with van der Waals surface area (Å²) in [5, 5.41) is 1.84. The van der Waals surface area contributed by atoms with E-state index in [1.807, 2.05) is 48.5 Å². The second kappa shape index (κ2) is 7.20. The highest BCUT2D eigenvalue weighted by Crippen LogP contribution is 2.48. The van der Waals surface area contributed by atoms with Gasteiger partial charge in [0, 0.05) is 33.0 Å². The van der Waals surface area contributed by atoms with Gasteiger partial charge in [-0.3, -0.25) is 0 Å². The van der Waals surface area contributed by atoms with E-state index in [4.69, 9.17) is 8.83 Å². The summed E-state index contributed by atoms with van der Waals surface area (Å²) in [5.74, 6) is 0.626. The van der Waals surface area contributed by atoms with Gasteiger partial charge in [0.15, 0.2) is 0 Å². The van der Waals surface area contributed by atoms with E-state index in [9.17, 15) is 8.78 Å². The van der Waals surface area contributed by atoms with Gasteiger partial charge in [0.25, 0.3) is 0 Å². The van der Waals surface area contributed by atoms with Crippen LogP contribution >= 0.6 is 0 Å². The second-order valence-corrected chi connectivity index (χ2v) is 7.62. The first-order valence-electron chi connectivity index (χ1n) is 10.2. The fourth-order valence-electron chi connectivity index (χ4n) is 4.20. The molecule has 0 spiro atoms. The van der Waals surface area contributed by atoms with E-state index in [0.29, 0.717) is 11.5 Å². The van der Waals surface area contributed by atoms with E-state index in [-0.39, 0.29) is 11.6 Å². The predicted octanol–water partition coefficient (Wildman–Crippen LogP) is 8.46. The van der Waals surface area contributed by atoms with E-state index in [2.05, 4.69) is 0 Å². The largest absolute Gasteiger partial charge is 0.455 e. The summed E-state index contributed by atoms with van der Waals surface area (Å²) < 4.78 is 39.8. The summed E-state index contributed by atoms with van der Waals surface area (Å²) in [6.45, 7) is 0. The monoisotopic (exact) mass is 422 g/mol. The lowest BCUT2D eigenvalue weighted by molar-refractivity contribution is 0.621. The summed E-state index contributed by atoms with van der Waals surface area (Å²) >= 11 is 0. The summed E-state index contributed by atoms with van der Waals surface area (Å²) in [6.07, 6.45) is 0. The van der Waals surface area contributed by atoms with Gasteiger partial charge < -0.3 is 8.83 Å². The molecule has 4 aromatic carbocycles. The second-order valence-electron chi connectivity index (χ2n) is 7.62. The Morgan fingerprint density at radius 2 is 0.812 bits per heavy atom. The molecule has 0 aliphatic carbocycles. The standard InChI is InChI=1S/C28H16F2O2/c29-19-13-9-17(10-14-19)27-25(21-5-1-3-7-23(21)31-27)26-22-6-2-4-8-24(22)32-28(26)18-11-15-20(30)16-12-18/h1-16H. The average molecular weight is 422 g/mol. The van der Waals surface area contributed by atoms with Crippen molar-refractivity contribution in [1.82, 2.24) is 0 Å². The third kappa shape index (κ3) is 2.92. The summed E-state index contributed by atoms with van der Waals surface area (Å²) in [4.78, 5) is 0. The Morgan fingerprint density at radius 3 is 1.22 bits per heavy atom. The highest BCUT2D eigenvalue weighted by atomic mass is 19.1. The van der Waals surface area contributed by atoms with E-state index in [0.717, 1.165) is 44.2 Å². The first-order valence-corrected chi connectivity index (χ1v) is 10.2. The number of halogens is 2. The zero-order valence-electron chi connectivity index (χ0n) is 16.8. The summed E-state index contributed by atoms with van der Waals surface area (Å²) in [7, 11) is 0. The molecule has 0 fully saturated rings. The van der Waals surface area contributed by atoms with Crippen LogP contribution in [0.15, 0.2) is 106 Å². The number of hydrogen-bond acceptors (Lipinski definition) is 2. The molecule has 0 aliphatic heterocycles. The van der Waals surface area contributed by atoms with Gasteiger partial charge in [-0.25, -0.2) is 8.78 Å². The van der Waals surface area contributed by atoms with E-state index in [1.54, 1.807) is 24.3 Å². The molecule has 0 bridgehead atoms. The van der Waals surface area contributed by atoms with Crippen LogP contribution in [0.4, 0.5) is 8.78 Å². The molecule has 2 nitrogen and oxygen atoms in total. The highest BCUT2D eigenvalue weighted by Gasteiger charge is 2.25. The van der Waals surface area contributed by atoms with Gasteiger partial charge in [0.2, 0.25) is 0 Å². The van der Waals surface area contributed by atoms with Crippen molar-refractivity contribution in [3.63, 3.8) is 0 Å². The van der Waals surface area contributed by atoms with Crippen molar-refractivity contribution in [2.24, 2.45) is 0 Å². The van der Waals surface area contributed by atoms with Crippen molar-refractivity contribution < 1.29 is 17.6 Å². The fraction of sp³-hybridized carbons (Fsp3) is 0. The molecule has 2 aromatic heterocycles. The Kier molecular flexibility index (Phi) is 4.18. The molecular weight excluding hydrogens is 406 g/mol. The van der Waals surface area contributed by atoms with Crippen LogP contribution < -0.4 is 0 Å². The molecule has 0 saturated heterocycles.